The van der Waals surface area contributed by atoms with E-state index in [1.807, 2.05) is 0 Å². The molecule has 0 radical (unpaired) electrons. The molecular formula is C18H28N2. The highest BCUT2D eigenvalue weighted by Crippen LogP contribution is 2.30. The van der Waals surface area contributed by atoms with Crippen molar-refractivity contribution in [2.45, 2.75) is 46.1 Å². The third-order valence-electron chi connectivity index (χ3n) is 4.02. The number of aromatic nitrogens is 1. The molecule has 0 amide bonds. The third-order valence-corrected chi connectivity index (χ3v) is 4.02. The minimum atomic E-state index is 0.570. The van der Waals surface area contributed by atoms with Crippen LogP contribution in [0, 0.1) is 0 Å². The van der Waals surface area contributed by atoms with Crippen molar-refractivity contribution < 1.29 is 0 Å². The number of benzene rings is 1. The van der Waals surface area contributed by atoms with Gasteiger partial charge in [0.1, 0.15) is 0 Å². The van der Waals surface area contributed by atoms with Gasteiger partial charge in [-0.25, -0.2) is 0 Å². The van der Waals surface area contributed by atoms with Gasteiger partial charge in [0.25, 0.3) is 0 Å². The number of hydrogen-bond acceptors (Lipinski definition) is 1. The zero-order valence-electron chi connectivity index (χ0n) is 13.8. The quantitative estimate of drug-likeness (QED) is 0.780. The van der Waals surface area contributed by atoms with Gasteiger partial charge in [0.2, 0.25) is 0 Å². The molecule has 0 aliphatic heterocycles. The molecule has 0 bridgehead atoms. The van der Waals surface area contributed by atoms with Crippen LogP contribution in [0.25, 0.3) is 10.9 Å². The van der Waals surface area contributed by atoms with Gasteiger partial charge in [-0.3, -0.25) is 0 Å². The Morgan fingerprint density at radius 2 is 1.75 bits per heavy atom. The van der Waals surface area contributed by atoms with Crippen LogP contribution in [0.5, 0.6) is 0 Å². The Balaban J connectivity index is 2.52. The van der Waals surface area contributed by atoms with E-state index in [-0.39, 0.29) is 0 Å². The molecule has 0 saturated carbocycles. The molecule has 0 saturated heterocycles. The van der Waals surface area contributed by atoms with Crippen LogP contribution in [0.1, 0.15) is 50.7 Å². The Kier molecular flexibility index (Phi) is 4.54. The fraction of sp³-hybridized carbons (Fsp3) is 0.556. The Morgan fingerprint density at radius 1 is 1.05 bits per heavy atom. The predicted molar refractivity (Wildman–Crippen MR) is 88.7 cm³/mol. The van der Waals surface area contributed by atoms with Crippen LogP contribution in [0.2, 0.25) is 0 Å². The number of rotatable bonds is 5. The van der Waals surface area contributed by atoms with Crippen molar-refractivity contribution in [3.05, 3.63) is 35.5 Å². The van der Waals surface area contributed by atoms with Crippen LogP contribution in [0.4, 0.5) is 0 Å². The van der Waals surface area contributed by atoms with E-state index >= 15 is 0 Å². The summed E-state index contributed by atoms with van der Waals surface area (Å²) in [4.78, 5) is 2.24. The first-order valence-electron chi connectivity index (χ1n) is 7.67. The lowest BCUT2D eigenvalue weighted by molar-refractivity contribution is 0.387. The Labute approximate surface area is 123 Å². The lowest BCUT2D eigenvalue weighted by atomic mass is 9.93. The zero-order valence-corrected chi connectivity index (χ0v) is 13.8. The number of nitrogens with zero attached hydrogens (tertiary/aromatic N) is 2. The largest absolute Gasteiger partial charge is 0.346 e. The van der Waals surface area contributed by atoms with Gasteiger partial charge in [-0.2, -0.15) is 0 Å². The van der Waals surface area contributed by atoms with E-state index in [1.165, 1.54) is 22.0 Å². The molecule has 1 heterocycles. The van der Waals surface area contributed by atoms with Crippen LogP contribution in [-0.4, -0.2) is 30.1 Å². The standard InChI is InChI=1S/C18H28N2/c1-13(2)15-11-17(14(3)4)16-7-8-20(18(16)12-15)10-9-19(5)6/h7-8,11-14H,9-10H2,1-6H3. The first-order valence-corrected chi connectivity index (χ1v) is 7.67. The molecule has 0 fully saturated rings. The molecule has 1 aromatic carbocycles. The lowest BCUT2D eigenvalue weighted by Crippen LogP contribution is -2.18. The zero-order chi connectivity index (χ0) is 14.9. The van der Waals surface area contributed by atoms with Crippen LogP contribution in [0.15, 0.2) is 24.4 Å². The van der Waals surface area contributed by atoms with Crippen LogP contribution < -0.4 is 0 Å². The SMILES string of the molecule is CC(C)c1cc(C(C)C)c2ccn(CCN(C)C)c2c1. The predicted octanol–water partition coefficient (Wildman–Crippen LogP) is 4.45. The van der Waals surface area contributed by atoms with E-state index in [0.29, 0.717) is 11.8 Å². The molecule has 0 aliphatic carbocycles. The molecule has 0 N–H and O–H groups in total. The number of hydrogen-bond donors (Lipinski definition) is 0. The van der Waals surface area contributed by atoms with Crippen molar-refractivity contribution >= 4 is 10.9 Å². The Bertz CT molecular complexity index is 576. The Hall–Kier alpha value is -1.28. The molecule has 0 unspecified atom stereocenters. The molecule has 2 rings (SSSR count). The molecule has 0 atom stereocenters. The first kappa shape index (κ1) is 15.1. The van der Waals surface area contributed by atoms with E-state index in [4.69, 9.17) is 0 Å². The summed E-state index contributed by atoms with van der Waals surface area (Å²) in [6.45, 7) is 11.3. The van der Waals surface area contributed by atoms with Gasteiger partial charge in [0.05, 0.1) is 0 Å². The Morgan fingerprint density at radius 3 is 2.30 bits per heavy atom. The second-order valence-corrected chi connectivity index (χ2v) is 6.66. The molecule has 110 valence electrons. The van der Waals surface area contributed by atoms with Gasteiger partial charge in [-0.15, -0.1) is 0 Å². The highest BCUT2D eigenvalue weighted by molar-refractivity contribution is 5.85. The summed E-state index contributed by atoms with van der Waals surface area (Å²) in [7, 11) is 4.26. The minimum Gasteiger partial charge on any atom is -0.346 e. The van der Waals surface area contributed by atoms with Crippen molar-refractivity contribution in [1.82, 2.24) is 9.47 Å². The van der Waals surface area contributed by atoms with Gasteiger partial charge >= 0.3 is 0 Å². The summed E-state index contributed by atoms with van der Waals surface area (Å²) in [5.41, 5.74) is 4.32. The highest BCUT2D eigenvalue weighted by Gasteiger charge is 2.12. The van der Waals surface area contributed by atoms with Crippen LogP contribution in [-0.2, 0) is 6.54 Å². The van der Waals surface area contributed by atoms with Gasteiger partial charge in [-0.05, 0) is 49.2 Å². The average molecular weight is 272 g/mol. The highest BCUT2D eigenvalue weighted by atomic mass is 15.1. The van der Waals surface area contributed by atoms with E-state index in [1.54, 1.807) is 0 Å². The van der Waals surface area contributed by atoms with Crippen molar-refractivity contribution in [2.24, 2.45) is 0 Å². The minimum absolute atomic E-state index is 0.570. The van der Waals surface area contributed by atoms with Crippen LogP contribution in [0.3, 0.4) is 0 Å². The van der Waals surface area contributed by atoms with E-state index in [2.05, 4.69) is 75.7 Å². The summed E-state index contributed by atoms with van der Waals surface area (Å²) < 4.78 is 2.40. The maximum Gasteiger partial charge on any atom is 0.0486 e. The summed E-state index contributed by atoms with van der Waals surface area (Å²) in [5, 5.41) is 1.42. The van der Waals surface area contributed by atoms with Crippen molar-refractivity contribution in [3.8, 4) is 0 Å². The second kappa shape index (κ2) is 6.01. The summed E-state index contributed by atoms with van der Waals surface area (Å²) in [6, 6.07) is 7.06. The summed E-state index contributed by atoms with van der Waals surface area (Å²) in [6.07, 6.45) is 2.24. The monoisotopic (exact) mass is 272 g/mol. The topological polar surface area (TPSA) is 8.17 Å². The molecule has 2 heteroatoms. The maximum atomic E-state index is 2.40. The van der Waals surface area contributed by atoms with Crippen molar-refractivity contribution in [1.29, 1.82) is 0 Å². The van der Waals surface area contributed by atoms with Gasteiger partial charge in [0, 0.05) is 30.2 Å². The van der Waals surface area contributed by atoms with E-state index in [9.17, 15) is 0 Å². The number of likely N-dealkylation sites (N-methyl/N-ethyl adjacent to an activating group) is 1. The fourth-order valence-corrected chi connectivity index (χ4v) is 2.66. The third kappa shape index (κ3) is 3.06. The summed E-state index contributed by atoms with van der Waals surface area (Å²) >= 11 is 0. The van der Waals surface area contributed by atoms with Crippen molar-refractivity contribution in [3.63, 3.8) is 0 Å². The van der Waals surface area contributed by atoms with E-state index < -0.39 is 0 Å². The smallest absolute Gasteiger partial charge is 0.0486 e. The van der Waals surface area contributed by atoms with E-state index in [0.717, 1.165) is 13.1 Å². The van der Waals surface area contributed by atoms with Crippen molar-refractivity contribution in [2.75, 3.05) is 20.6 Å². The normalized spacial score (nSPS) is 12.2. The van der Waals surface area contributed by atoms with Gasteiger partial charge < -0.3 is 9.47 Å². The summed E-state index contributed by atoms with van der Waals surface area (Å²) in [5.74, 6) is 1.15. The maximum absolute atomic E-state index is 2.40. The van der Waals surface area contributed by atoms with Gasteiger partial charge in [0.15, 0.2) is 0 Å². The molecular weight excluding hydrogens is 244 g/mol. The molecule has 2 nitrogen and oxygen atoms in total. The first-order chi connectivity index (χ1) is 9.40. The fourth-order valence-electron chi connectivity index (χ4n) is 2.66. The molecule has 20 heavy (non-hydrogen) atoms. The average Bonchev–Trinajstić information content (AvgIpc) is 2.77. The second-order valence-electron chi connectivity index (χ2n) is 6.66. The molecule has 1 aromatic heterocycles. The molecule has 2 aromatic rings. The van der Waals surface area contributed by atoms with Gasteiger partial charge in [-0.1, -0.05) is 33.8 Å². The molecule has 0 aliphatic rings. The lowest BCUT2D eigenvalue weighted by Gasteiger charge is -2.16. The number of fused-ring (bicyclic) bond motifs is 1. The van der Waals surface area contributed by atoms with Crippen LogP contribution >= 0.6 is 0 Å². The molecule has 0 spiro atoms.